The Morgan fingerprint density at radius 2 is 2.24 bits per heavy atom. The number of carboxylic acid groups (broad SMARTS) is 1. The number of amides is 1. The largest absolute Gasteiger partial charge is 0.481 e. The van der Waals surface area contributed by atoms with Gasteiger partial charge in [-0.25, -0.2) is 4.39 Å². The van der Waals surface area contributed by atoms with Gasteiger partial charge in [0.2, 0.25) is 5.91 Å². The van der Waals surface area contributed by atoms with E-state index in [0.717, 1.165) is 0 Å². The Morgan fingerprint density at radius 1 is 1.52 bits per heavy atom. The average Bonchev–Trinajstić information content (AvgIpc) is 2.74. The van der Waals surface area contributed by atoms with Crippen molar-refractivity contribution in [2.24, 2.45) is 5.92 Å². The molecule has 1 aromatic carbocycles. The summed E-state index contributed by atoms with van der Waals surface area (Å²) in [7, 11) is 1.52. The molecule has 0 radical (unpaired) electrons. The molecule has 1 fully saturated rings. The highest BCUT2D eigenvalue weighted by Crippen LogP contribution is 2.39. The molecule has 1 aliphatic heterocycles. The van der Waals surface area contributed by atoms with Gasteiger partial charge in [-0.15, -0.1) is 0 Å². The minimum atomic E-state index is -1.02. The third-order valence-corrected chi connectivity index (χ3v) is 3.84. The number of hydrogen-bond donors (Lipinski definition) is 1. The van der Waals surface area contributed by atoms with Crippen molar-refractivity contribution in [3.8, 4) is 0 Å². The molecule has 114 valence electrons. The zero-order chi connectivity index (χ0) is 15.6. The Bertz CT molecular complexity index is 561. The topological polar surface area (TPSA) is 66.8 Å². The number of rotatable bonds is 5. The van der Waals surface area contributed by atoms with Crippen molar-refractivity contribution < 1.29 is 23.8 Å². The summed E-state index contributed by atoms with van der Waals surface area (Å²) >= 11 is 0. The molecule has 0 bridgehead atoms. The van der Waals surface area contributed by atoms with Crippen molar-refractivity contribution in [1.82, 2.24) is 4.90 Å². The van der Waals surface area contributed by atoms with E-state index >= 15 is 0 Å². The monoisotopic (exact) mass is 295 g/mol. The first kappa shape index (κ1) is 15.4. The van der Waals surface area contributed by atoms with E-state index in [1.165, 1.54) is 24.1 Å². The maximum absolute atomic E-state index is 13.2. The second-order valence-corrected chi connectivity index (χ2v) is 5.17. The normalized spacial score (nSPS) is 21.9. The van der Waals surface area contributed by atoms with E-state index in [-0.39, 0.29) is 18.1 Å². The molecular formula is C15H18FNO4. The summed E-state index contributed by atoms with van der Waals surface area (Å²) in [5.74, 6) is -2.43. The van der Waals surface area contributed by atoms with Gasteiger partial charge < -0.3 is 14.7 Å². The van der Waals surface area contributed by atoms with Crippen molar-refractivity contribution in [1.29, 1.82) is 0 Å². The number of aryl methyl sites for hydroxylation is 1. The lowest BCUT2D eigenvalue weighted by Gasteiger charge is -2.28. The number of carbonyl (C=O) groups excluding carboxylic acids is 1. The van der Waals surface area contributed by atoms with Gasteiger partial charge in [-0.2, -0.15) is 0 Å². The minimum absolute atomic E-state index is 0.0411. The van der Waals surface area contributed by atoms with Crippen LogP contribution < -0.4 is 0 Å². The van der Waals surface area contributed by atoms with Crippen molar-refractivity contribution in [2.45, 2.75) is 19.4 Å². The second-order valence-electron chi connectivity index (χ2n) is 5.17. The average molecular weight is 295 g/mol. The molecule has 0 aromatic heterocycles. The van der Waals surface area contributed by atoms with Gasteiger partial charge in [-0.05, 0) is 30.2 Å². The lowest BCUT2D eigenvalue weighted by atomic mass is 9.91. The molecule has 6 heteroatoms. The highest BCUT2D eigenvalue weighted by molar-refractivity contribution is 5.87. The first-order chi connectivity index (χ1) is 9.95. The summed E-state index contributed by atoms with van der Waals surface area (Å²) in [6.45, 7) is 2.37. The molecule has 0 saturated carbocycles. The molecular weight excluding hydrogens is 277 g/mol. The molecule has 2 rings (SSSR count). The van der Waals surface area contributed by atoms with Gasteiger partial charge in [-0.1, -0.05) is 6.07 Å². The van der Waals surface area contributed by atoms with Gasteiger partial charge in [0.05, 0.1) is 18.6 Å². The summed E-state index contributed by atoms with van der Waals surface area (Å²) in [5, 5.41) is 9.37. The van der Waals surface area contributed by atoms with Crippen LogP contribution in [0.15, 0.2) is 18.2 Å². The zero-order valence-electron chi connectivity index (χ0n) is 12.0. The van der Waals surface area contributed by atoms with Crippen LogP contribution in [0.25, 0.3) is 0 Å². The summed E-state index contributed by atoms with van der Waals surface area (Å²) < 4.78 is 18.2. The van der Waals surface area contributed by atoms with Gasteiger partial charge in [-0.3, -0.25) is 9.59 Å². The Labute approximate surface area is 122 Å². The molecule has 1 saturated heterocycles. The molecule has 1 N–H and O–H groups in total. The van der Waals surface area contributed by atoms with E-state index in [4.69, 9.17) is 4.74 Å². The van der Waals surface area contributed by atoms with Crippen molar-refractivity contribution in [3.63, 3.8) is 0 Å². The van der Waals surface area contributed by atoms with Gasteiger partial charge in [0.25, 0.3) is 0 Å². The van der Waals surface area contributed by atoms with Gasteiger partial charge >= 0.3 is 5.97 Å². The van der Waals surface area contributed by atoms with Crippen molar-refractivity contribution >= 4 is 11.9 Å². The number of likely N-dealkylation sites (tertiary alicyclic amines) is 1. The summed E-state index contributed by atoms with van der Waals surface area (Å²) in [4.78, 5) is 25.1. The Balaban J connectivity index is 2.41. The fourth-order valence-electron chi connectivity index (χ4n) is 2.82. The molecule has 21 heavy (non-hydrogen) atoms. The number of nitrogens with zero attached hydrogens (tertiary/aromatic N) is 1. The lowest BCUT2D eigenvalue weighted by Crippen LogP contribution is -2.33. The Morgan fingerprint density at radius 3 is 2.81 bits per heavy atom. The lowest BCUT2D eigenvalue weighted by molar-refractivity contribution is -0.142. The van der Waals surface area contributed by atoms with Crippen LogP contribution in [0.3, 0.4) is 0 Å². The number of aliphatic carboxylic acids is 1. The van der Waals surface area contributed by atoms with Crippen molar-refractivity contribution in [2.75, 3.05) is 20.3 Å². The number of hydrogen-bond acceptors (Lipinski definition) is 3. The highest BCUT2D eigenvalue weighted by Gasteiger charge is 2.44. The van der Waals surface area contributed by atoms with E-state index in [9.17, 15) is 19.1 Å². The maximum atomic E-state index is 13.2. The standard InChI is InChI=1S/C15H18FNO4/c1-9-7-10(16)3-4-11(9)14-12(15(19)20)8-13(18)17(14)5-6-21-2/h3-4,7,12,14H,5-6,8H2,1-2H3,(H,19,20). The van der Waals surface area contributed by atoms with Crippen LogP contribution in [0.1, 0.15) is 23.6 Å². The number of carboxylic acids is 1. The molecule has 0 spiro atoms. The molecule has 1 heterocycles. The molecule has 2 atom stereocenters. The molecule has 1 aromatic rings. The van der Waals surface area contributed by atoms with Crippen LogP contribution in [0, 0.1) is 18.7 Å². The van der Waals surface area contributed by atoms with Gasteiger partial charge in [0, 0.05) is 20.1 Å². The third kappa shape index (κ3) is 3.05. The zero-order valence-corrected chi connectivity index (χ0v) is 12.0. The second kappa shape index (κ2) is 6.22. The molecule has 2 unspecified atom stereocenters. The Kier molecular flexibility index (Phi) is 4.57. The molecule has 5 nitrogen and oxygen atoms in total. The van der Waals surface area contributed by atoms with Crippen LogP contribution in [0.2, 0.25) is 0 Å². The van der Waals surface area contributed by atoms with Crippen LogP contribution in [-0.4, -0.2) is 42.1 Å². The number of methoxy groups -OCH3 is 1. The summed E-state index contributed by atoms with van der Waals surface area (Å²) in [6.07, 6.45) is -0.0411. The number of ether oxygens (including phenoxy) is 1. The van der Waals surface area contributed by atoms with E-state index in [0.29, 0.717) is 24.3 Å². The highest BCUT2D eigenvalue weighted by atomic mass is 19.1. The molecule has 0 aliphatic carbocycles. The van der Waals surface area contributed by atoms with Crippen LogP contribution >= 0.6 is 0 Å². The van der Waals surface area contributed by atoms with E-state index < -0.39 is 17.9 Å². The number of benzene rings is 1. The third-order valence-electron chi connectivity index (χ3n) is 3.84. The summed E-state index contributed by atoms with van der Waals surface area (Å²) in [5.41, 5.74) is 1.31. The van der Waals surface area contributed by atoms with E-state index in [1.807, 2.05) is 0 Å². The number of carbonyl (C=O) groups is 2. The minimum Gasteiger partial charge on any atom is -0.481 e. The van der Waals surface area contributed by atoms with Crippen molar-refractivity contribution in [3.05, 3.63) is 35.1 Å². The molecule has 1 aliphatic rings. The van der Waals surface area contributed by atoms with E-state index in [1.54, 1.807) is 13.0 Å². The SMILES string of the molecule is COCCN1C(=O)CC(C(=O)O)C1c1ccc(F)cc1C. The van der Waals surface area contributed by atoms with Crippen LogP contribution in [-0.2, 0) is 14.3 Å². The smallest absolute Gasteiger partial charge is 0.309 e. The number of halogens is 1. The molecule has 1 amide bonds. The fourth-order valence-corrected chi connectivity index (χ4v) is 2.82. The van der Waals surface area contributed by atoms with Gasteiger partial charge in [0.1, 0.15) is 5.82 Å². The predicted molar refractivity (Wildman–Crippen MR) is 73.2 cm³/mol. The first-order valence-electron chi connectivity index (χ1n) is 6.73. The first-order valence-corrected chi connectivity index (χ1v) is 6.73. The van der Waals surface area contributed by atoms with Crippen LogP contribution in [0.4, 0.5) is 4.39 Å². The van der Waals surface area contributed by atoms with Crippen LogP contribution in [0.5, 0.6) is 0 Å². The quantitative estimate of drug-likeness (QED) is 0.898. The predicted octanol–water partition coefficient (Wildman–Crippen LogP) is 1.75. The summed E-state index contributed by atoms with van der Waals surface area (Å²) in [6, 6.07) is 3.62. The Hall–Kier alpha value is -1.95. The fraction of sp³-hybridized carbons (Fsp3) is 0.467. The van der Waals surface area contributed by atoms with E-state index in [2.05, 4.69) is 0 Å². The maximum Gasteiger partial charge on any atom is 0.309 e. The van der Waals surface area contributed by atoms with Gasteiger partial charge in [0.15, 0.2) is 0 Å².